The molecule has 1 fully saturated rings. The fraction of sp³-hybridized carbons (Fsp3) is 0.538. The molecule has 120 valence electrons. The van der Waals surface area contributed by atoms with Crippen LogP contribution in [0.5, 0.6) is 0 Å². The van der Waals surface area contributed by atoms with E-state index >= 15 is 0 Å². The van der Waals surface area contributed by atoms with Crippen LogP contribution < -0.4 is 10.2 Å². The van der Waals surface area contributed by atoms with E-state index in [4.69, 9.17) is 16.3 Å². The number of carbonyl (C=O) groups excluding carboxylic acids is 1. The SMILES string of the molecule is CC(C)OC(=O)c1cnc(N2CCNCC2)c(Cl)c1.Cl.Cl. The Hall–Kier alpha value is -0.750. The molecule has 0 amide bonds. The molecule has 0 spiro atoms. The summed E-state index contributed by atoms with van der Waals surface area (Å²) in [5, 5.41) is 3.75. The Balaban J connectivity index is 0.00000200. The molecular formula is C13H20Cl3N3O2. The summed E-state index contributed by atoms with van der Waals surface area (Å²) in [5.41, 5.74) is 0.387. The van der Waals surface area contributed by atoms with Crippen LogP contribution in [0, 0.1) is 0 Å². The molecule has 0 unspecified atom stereocenters. The van der Waals surface area contributed by atoms with Crippen LogP contribution in [0.25, 0.3) is 0 Å². The Morgan fingerprint density at radius 1 is 1.38 bits per heavy atom. The van der Waals surface area contributed by atoms with Gasteiger partial charge in [0.2, 0.25) is 0 Å². The van der Waals surface area contributed by atoms with Crippen LogP contribution in [0.1, 0.15) is 24.2 Å². The van der Waals surface area contributed by atoms with Crippen molar-refractivity contribution >= 4 is 48.2 Å². The predicted octanol–water partition coefficient (Wildman–Crippen LogP) is 2.55. The van der Waals surface area contributed by atoms with Gasteiger partial charge in [0.25, 0.3) is 0 Å². The molecule has 1 aliphatic rings. The summed E-state index contributed by atoms with van der Waals surface area (Å²) < 4.78 is 5.12. The maximum absolute atomic E-state index is 11.8. The van der Waals surface area contributed by atoms with E-state index in [0.717, 1.165) is 32.0 Å². The van der Waals surface area contributed by atoms with Crippen molar-refractivity contribution in [3.63, 3.8) is 0 Å². The molecule has 0 bridgehead atoms. The van der Waals surface area contributed by atoms with Crippen LogP contribution in [0.3, 0.4) is 0 Å². The van der Waals surface area contributed by atoms with Gasteiger partial charge in [-0.15, -0.1) is 24.8 Å². The third-order valence-corrected chi connectivity index (χ3v) is 3.09. The number of piperazine rings is 1. The predicted molar refractivity (Wildman–Crippen MR) is 89.4 cm³/mol. The second-order valence-corrected chi connectivity index (χ2v) is 5.13. The smallest absolute Gasteiger partial charge is 0.340 e. The highest BCUT2D eigenvalue weighted by molar-refractivity contribution is 6.33. The Labute approximate surface area is 142 Å². The topological polar surface area (TPSA) is 54.5 Å². The number of ether oxygens (including phenoxy) is 1. The highest BCUT2D eigenvalue weighted by Crippen LogP contribution is 2.24. The zero-order chi connectivity index (χ0) is 13.8. The molecule has 8 heteroatoms. The molecule has 2 rings (SSSR count). The van der Waals surface area contributed by atoms with Crippen molar-refractivity contribution in [2.24, 2.45) is 0 Å². The third-order valence-electron chi connectivity index (χ3n) is 2.82. The van der Waals surface area contributed by atoms with Gasteiger partial charge in [-0.05, 0) is 19.9 Å². The summed E-state index contributed by atoms with van der Waals surface area (Å²) in [4.78, 5) is 18.2. The Kier molecular flexibility index (Phi) is 8.97. The molecule has 1 aromatic rings. The van der Waals surface area contributed by atoms with E-state index in [1.54, 1.807) is 6.07 Å². The lowest BCUT2D eigenvalue weighted by Crippen LogP contribution is -2.44. The van der Waals surface area contributed by atoms with Crippen LogP contribution >= 0.6 is 36.4 Å². The van der Waals surface area contributed by atoms with Gasteiger partial charge >= 0.3 is 5.97 Å². The average Bonchev–Trinajstić information content (AvgIpc) is 2.38. The average molecular weight is 357 g/mol. The normalized spacial score (nSPS) is 14.2. The van der Waals surface area contributed by atoms with E-state index in [0.29, 0.717) is 10.6 Å². The van der Waals surface area contributed by atoms with Crippen molar-refractivity contribution < 1.29 is 9.53 Å². The summed E-state index contributed by atoms with van der Waals surface area (Å²) in [6, 6.07) is 1.62. The largest absolute Gasteiger partial charge is 0.459 e. The fourth-order valence-corrected chi connectivity index (χ4v) is 2.22. The fourth-order valence-electron chi connectivity index (χ4n) is 1.93. The van der Waals surface area contributed by atoms with E-state index in [-0.39, 0.29) is 30.9 Å². The number of aromatic nitrogens is 1. The number of pyridine rings is 1. The van der Waals surface area contributed by atoms with Gasteiger partial charge in [0, 0.05) is 32.4 Å². The van der Waals surface area contributed by atoms with Crippen LogP contribution in [-0.4, -0.2) is 43.2 Å². The number of anilines is 1. The number of nitrogens with one attached hydrogen (secondary N) is 1. The van der Waals surface area contributed by atoms with Gasteiger partial charge in [0.05, 0.1) is 16.7 Å². The van der Waals surface area contributed by atoms with Gasteiger partial charge in [-0.25, -0.2) is 9.78 Å². The maximum atomic E-state index is 11.8. The van der Waals surface area contributed by atoms with E-state index in [9.17, 15) is 4.79 Å². The monoisotopic (exact) mass is 355 g/mol. The summed E-state index contributed by atoms with van der Waals surface area (Å²) in [6.07, 6.45) is 1.37. The van der Waals surface area contributed by atoms with Crippen molar-refractivity contribution in [1.29, 1.82) is 0 Å². The second kappa shape index (κ2) is 9.30. The number of hydrogen-bond donors (Lipinski definition) is 1. The van der Waals surface area contributed by atoms with Crippen LogP contribution in [0.2, 0.25) is 5.02 Å². The zero-order valence-corrected chi connectivity index (χ0v) is 14.4. The van der Waals surface area contributed by atoms with E-state index in [1.165, 1.54) is 6.20 Å². The molecule has 0 radical (unpaired) electrons. The van der Waals surface area contributed by atoms with Crippen LogP contribution in [0.15, 0.2) is 12.3 Å². The van der Waals surface area contributed by atoms with E-state index in [2.05, 4.69) is 15.2 Å². The minimum atomic E-state index is -0.392. The molecule has 0 aromatic carbocycles. The van der Waals surface area contributed by atoms with Crippen molar-refractivity contribution in [2.45, 2.75) is 20.0 Å². The molecule has 1 aromatic heterocycles. The summed E-state index contributed by atoms with van der Waals surface area (Å²) in [5.74, 6) is 0.334. The first kappa shape index (κ1) is 20.2. The first-order chi connectivity index (χ1) is 9.08. The van der Waals surface area contributed by atoms with Crippen molar-refractivity contribution in [3.8, 4) is 0 Å². The first-order valence-electron chi connectivity index (χ1n) is 6.40. The lowest BCUT2D eigenvalue weighted by atomic mass is 10.2. The highest BCUT2D eigenvalue weighted by Gasteiger charge is 2.17. The van der Waals surface area contributed by atoms with Crippen molar-refractivity contribution in [1.82, 2.24) is 10.3 Å². The lowest BCUT2D eigenvalue weighted by molar-refractivity contribution is 0.0377. The molecular weight excluding hydrogens is 337 g/mol. The summed E-state index contributed by atoms with van der Waals surface area (Å²) >= 11 is 6.21. The standard InChI is InChI=1S/C13H18ClN3O2.2ClH/c1-9(2)19-13(18)10-7-11(14)12(16-8-10)17-5-3-15-4-6-17;;/h7-9,15H,3-6H2,1-2H3;2*1H. The Morgan fingerprint density at radius 3 is 2.52 bits per heavy atom. The number of carbonyl (C=O) groups is 1. The van der Waals surface area contributed by atoms with Crippen molar-refractivity contribution in [2.75, 3.05) is 31.1 Å². The molecule has 5 nitrogen and oxygen atoms in total. The minimum absolute atomic E-state index is 0. The van der Waals surface area contributed by atoms with Gasteiger partial charge in [-0.3, -0.25) is 0 Å². The quantitative estimate of drug-likeness (QED) is 0.844. The third kappa shape index (κ3) is 5.51. The number of rotatable bonds is 3. The van der Waals surface area contributed by atoms with Crippen molar-refractivity contribution in [3.05, 3.63) is 22.8 Å². The number of halogens is 3. The summed E-state index contributed by atoms with van der Waals surface area (Å²) in [6.45, 7) is 7.17. The van der Waals surface area contributed by atoms with E-state index < -0.39 is 5.97 Å². The molecule has 21 heavy (non-hydrogen) atoms. The number of hydrogen-bond acceptors (Lipinski definition) is 5. The molecule has 1 saturated heterocycles. The molecule has 1 aliphatic heterocycles. The Bertz CT molecular complexity index is 466. The second-order valence-electron chi connectivity index (χ2n) is 4.72. The minimum Gasteiger partial charge on any atom is -0.459 e. The summed E-state index contributed by atoms with van der Waals surface area (Å²) in [7, 11) is 0. The first-order valence-corrected chi connectivity index (χ1v) is 6.78. The molecule has 0 aliphatic carbocycles. The molecule has 2 heterocycles. The van der Waals surface area contributed by atoms with Gasteiger partial charge in [-0.1, -0.05) is 11.6 Å². The molecule has 1 N–H and O–H groups in total. The highest BCUT2D eigenvalue weighted by atomic mass is 35.5. The molecule has 0 saturated carbocycles. The van der Waals surface area contributed by atoms with Gasteiger partial charge in [0.1, 0.15) is 5.82 Å². The maximum Gasteiger partial charge on any atom is 0.340 e. The van der Waals surface area contributed by atoms with E-state index in [1.807, 2.05) is 13.8 Å². The van der Waals surface area contributed by atoms with Gasteiger partial charge in [-0.2, -0.15) is 0 Å². The number of esters is 1. The zero-order valence-electron chi connectivity index (χ0n) is 12.0. The molecule has 0 atom stereocenters. The number of nitrogens with zero attached hydrogens (tertiary/aromatic N) is 2. The lowest BCUT2D eigenvalue weighted by Gasteiger charge is -2.29. The van der Waals surface area contributed by atoms with Crippen LogP contribution in [0.4, 0.5) is 5.82 Å². The Morgan fingerprint density at radius 2 is 2.00 bits per heavy atom. The van der Waals surface area contributed by atoms with Gasteiger partial charge in [0.15, 0.2) is 0 Å². The van der Waals surface area contributed by atoms with Gasteiger partial charge < -0.3 is 15.0 Å². The van der Waals surface area contributed by atoms with Crippen LogP contribution in [-0.2, 0) is 4.74 Å².